The highest BCUT2D eigenvalue weighted by Crippen LogP contribution is 2.47. The summed E-state index contributed by atoms with van der Waals surface area (Å²) in [5.74, 6) is 1.32. The van der Waals surface area contributed by atoms with Crippen LogP contribution in [0.1, 0.15) is 24.8 Å². The quantitative estimate of drug-likeness (QED) is 0.912. The van der Waals surface area contributed by atoms with Crippen molar-refractivity contribution in [3.8, 4) is 0 Å². The molecule has 3 nitrogen and oxygen atoms in total. The SMILES string of the molecule is NC1C2CCC(C2)C1C(=O)NCCc1ccc2ccccc2c1. The van der Waals surface area contributed by atoms with Crippen LogP contribution >= 0.6 is 0 Å². The summed E-state index contributed by atoms with van der Waals surface area (Å²) >= 11 is 0. The Kier molecular flexibility index (Phi) is 3.82. The highest BCUT2D eigenvalue weighted by atomic mass is 16.1. The molecule has 0 spiro atoms. The van der Waals surface area contributed by atoms with Crippen molar-refractivity contribution in [3.05, 3.63) is 48.0 Å². The molecule has 2 aromatic rings. The van der Waals surface area contributed by atoms with Gasteiger partial charge in [0, 0.05) is 12.6 Å². The minimum absolute atomic E-state index is 0.0466. The van der Waals surface area contributed by atoms with Crippen LogP contribution < -0.4 is 11.1 Å². The predicted molar refractivity (Wildman–Crippen MR) is 93.0 cm³/mol. The summed E-state index contributed by atoms with van der Waals surface area (Å²) in [5.41, 5.74) is 7.51. The monoisotopic (exact) mass is 308 g/mol. The molecule has 1 amide bonds. The fourth-order valence-electron chi connectivity index (χ4n) is 4.57. The van der Waals surface area contributed by atoms with E-state index in [-0.39, 0.29) is 17.9 Å². The lowest BCUT2D eigenvalue weighted by atomic mass is 9.84. The summed E-state index contributed by atoms with van der Waals surface area (Å²) in [6.07, 6.45) is 4.42. The van der Waals surface area contributed by atoms with E-state index in [1.54, 1.807) is 0 Å². The third kappa shape index (κ3) is 2.74. The summed E-state index contributed by atoms with van der Waals surface area (Å²) < 4.78 is 0. The van der Waals surface area contributed by atoms with Crippen molar-refractivity contribution in [1.29, 1.82) is 0 Å². The van der Waals surface area contributed by atoms with Crippen LogP contribution in [0.5, 0.6) is 0 Å². The molecule has 23 heavy (non-hydrogen) atoms. The number of nitrogens with two attached hydrogens (primary N) is 1. The van der Waals surface area contributed by atoms with Gasteiger partial charge in [-0.25, -0.2) is 0 Å². The van der Waals surface area contributed by atoms with E-state index < -0.39 is 0 Å². The lowest BCUT2D eigenvalue weighted by Crippen LogP contribution is -2.45. The van der Waals surface area contributed by atoms with Crippen molar-refractivity contribution in [2.45, 2.75) is 31.7 Å². The zero-order chi connectivity index (χ0) is 15.8. The molecular formula is C20H24N2O. The number of hydrogen-bond donors (Lipinski definition) is 2. The summed E-state index contributed by atoms with van der Waals surface area (Å²) in [6.45, 7) is 0.692. The van der Waals surface area contributed by atoms with Crippen LogP contribution in [0.25, 0.3) is 10.8 Å². The maximum atomic E-state index is 12.5. The Morgan fingerprint density at radius 1 is 1.09 bits per heavy atom. The lowest BCUT2D eigenvalue weighted by molar-refractivity contribution is -0.127. The van der Waals surface area contributed by atoms with Crippen LogP contribution in [0.4, 0.5) is 0 Å². The van der Waals surface area contributed by atoms with Crippen molar-refractivity contribution in [3.63, 3.8) is 0 Å². The Hall–Kier alpha value is -1.87. The second-order valence-electron chi connectivity index (χ2n) is 7.16. The Labute approximate surface area is 137 Å². The summed E-state index contributed by atoms with van der Waals surface area (Å²) in [4.78, 5) is 12.5. The minimum Gasteiger partial charge on any atom is -0.355 e. The number of carbonyl (C=O) groups excluding carboxylic acids is 1. The van der Waals surface area contributed by atoms with E-state index in [2.05, 4.69) is 47.8 Å². The summed E-state index contributed by atoms with van der Waals surface area (Å²) in [7, 11) is 0. The first-order valence-corrected chi connectivity index (χ1v) is 8.73. The molecule has 2 aromatic carbocycles. The predicted octanol–water partition coefficient (Wildman–Crippen LogP) is 2.87. The molecule has 0 aliphatic heterocycles. The fourth-order valence-corrected chi connectivity index (χ4v) is 4.57. The first kappa shape index (κ1) is 14.7. The van der Waals surface area contributed by atoms with Crippen molar-refractivity contribution in [2.75, 3.05) is 6.54 Å². The average molecular weight is 308 g/mol. The van der Waals surface area contributed by atoms with Gasteiger partial charge >= 0.3 is 0 Å². The molecule has 4 unspecified atom stereocenters. The standard InChI is InChI=1S/C20H24N2O/c21-19-17-8-7-16(12-17)18(19)20(23)22-10-9-13-5-6-14-3-1-2-4-15(14)11-13/h1-6,11,16-19H,7-10,12,21H2,(H,22,23). The van der Waals surface area contributed by atoms with Gasteiger partial charge in [0.05, 0.1) is 5.92 Å². The van der Waals surface area contributed by atoms with Gasteiger partial charge in [0.1, 0.15) is 0 Å². The van der Waals surface area contributed by atoms with Crippen molar-refractivity contribution < 1.29 is 4.79 Å². The van der Waals surface area contributed by atoms with E-state index in [0.717, 1.165) is 12.8 Å². The highest BCUT2D eigenvalue weighted by Gasteiger charge is 2.48. The molecule has 120 valence electrons. The van der Waals surface area contributed by atoms with Gasteiger partial charge in [0.2, 0.25) is 5.91 Å². The van der Waals surface area contributed by atoms with E-state index in [4.69, 9.17) is 5.73 Å². The molecular weight excluding hydrogens is 284 g/mol. The normalized spacial score (nSPS) is 29.1. The van der Waals surface area contributed by atoms with Gasteiger partial charge in [-0.15, -0.1) is 0 Å². The Morgan fingerprint density at radius 3 is 2.65 bits per heavy atom. The molecule has 3 N–H and O–H groups in total. The van der Waals surface area contributed by atoms with Gasteiger partial charge in [-0.3, -0.25) is 4.79 Å². The number of amides is 1. The van der Waals surface area contributed by atoms with E-state index in [1.165, 1.54) is 29.2 Å². The fraction of sp³-hybridized carbons (Fsp3) is 0.450. The molecule has 2 bridgehead atoms. The van der Waals surface area contributed by atoms with Gasteiger partial charge in [0.25, 0.3) is 0 Å². The molecule has 2 aliphatic rings. The van der Waals surface area contributed by atoms with Crippen LogP contribution in [-0.2, 0) is 11.2 Å². The zero-order valence-electron chi connectivity index (χ0n) is 13.4. The Bertz CT molecular complexity index is 724. The van der Waals surface area contributed by atoms with Crippen LogP contribution in [0.15, 0.2) is 42.5 Å². The third-order valence-corrected chi connectivity index (χ3v) is 5.81. The molecule has 0 aromatic heterocycles. The zero-order valence-corrected chi connectivity index (χ0v) is 13.4. The van der Waals surface area contributed by atoms with Crippen LogP contribution in [0.2, 0.25) is 0 Å². The average Bonchev–Trinajstić information content (AvgIpc) is 3.15. The molecule has 2 aliphatic carbocycles. The maximum absolute atomic E-state index is 12.5. The van der Waals surface area contributed by atoms with E-state index >= 15 is 0 Å². The van der Waals surface area contributed by atoms with Crippen molar-refractivity contribution in [2.24, 2.45) is 23.5 Å². The second kappa shape index (κ2) is 5.97. The van der Waals surface area contributed by atoms with E-state index in [0.29, 0.717) is 18.4 Å². The van der Waals surface area contributed by atoms with Crippen LogP contribution in [0.3, 0.4) is 0 Å². The lowest BCUT2D eigenvalue weighted by Gasteiger charge is -2.27. The van der Waals surface area contributed by atoms with Gasteiger partial charge in [-0.1, -0.05) is 42.5 Å². The third-order valence-electron chi connectivity index (χ3n) is 5.81. The number of nitrogens with one attached hydrogen (secondary N) is 1. The first-order valence-electron chi connectivity index (χ1n) is 8.73. The van der Waals surface area contributed by atoms with E-state index in [1.807, 2.05) is 0 Å². The van der Waals surface area contributed by atoms with Gasteiger partial charge in [-0.05, 0) is 53.9 Å². The highest BCUT2D eigenvalue weighted by molar-refractivity contribution is 5.83. The molecule has 3 heteroatoms. The molecule has 4 rings (SSSR count). The molecule has 2 saturated carbocycles. The number of carbonyl (C=O) groups is 1. The van der Waals surface area contributed by atoms with Crippen molar-refractivity contribution >= 4 is 16.7 Å². The topological polar surface area (TPSA) is 55.1 Å². The summed E-state index contributed by atoms with van der Waals surface area (Å²) in [5, 5.41) is 5.63. The smallest absolute Gasteiger partial charge is 0.224 e. The Morgan fingerprint density at radius 2 is 1.87 bits per heavy atom. The minimum atomic E-state index is 0.0466. The molecule has 4 atom stereocenters. The van der Waals surface area contributed by atoms with Gasteiger partial charge < -0.3 is 11.1 Å². The number of benzene rings is 2. The van der Waals surface area contributed by atoms with Crippen LogP contribution in [-0.4, -0.2) is 18.5 Å². The first-order chi connectivity index (χ1) is 11.2. The molecule has 0 heterocycles. The van der Waals surface area contributed by atoms with Crippen LogP contribution in [0, 0.1) is 17.8 Å². The number of hydrogen-bond acceptors (Lipinski definition) is 2. The molecule has 2 fully saturated rings. The Balaban J connectivity index is 1.35. The largest absolute Gasteiger partial charge is 0.355 e. The van der Waals surface area contributed by atoms with Gasteiger partial charge in [0.15, 0.2) is 0 Å². The summed E-state index contributed by atoms with van der Waals surface area (Å²) in [6, 6.07) is 15.0. The number of rotatable bonds is 4. The van der Waals surface area contributed by atoms with Gasteiger partial charge in [-0.2, -0.15) is 0 Å². The molecule has 0 saturated heterocycles. The van der Waals surface area contributed by atoms with Crippen molar-refractivity contribution in [1.82, 2.24) is 5.32 Å². The maximum Gasteiger partial charge on any atom is 0.224 e. The molecule has 0 radical (unpaired) electrons. The number of fused-ring (bicyclic) bond motifs is 3. The van der Waals surface area contributed by atoms with E-state index in [9.17, 15) is 4.79 Å². The second-order valence-corrected chi connectivity index (χ2v) is 7.16.